The van der Waals surface area contributed by atoms with Crippen LogP contribution in [0.3, 0.4) is 0 Å². The highest BCUT2D eigenvalue weighted by Crippen LogP contribution is 2.46. The van der Waals surface area contributed by atoms with E-state index in [1.54, 1.807) is 0 Å². The third-order valence-corrected chi connectivity index (χ3v) is 10.0. The molecule has 0 radical (unpaired) electrons. The molecule has 1 heterocycles. The average Bonchev–Trinajstić information content (AvgIpc) is 3.55. The van der Waals surface area contributed by atoms with Crippen LogP contribution in [-0.2, 0) is 0 Å². The first kappa shape index (κ1) is 28.4. The molecule has 50 heavy (non-hydrogen) atoms. The molecule has 0 aliphatic rings. The Balaban J connectivity index is 1.25. The normalized spacial score (nSPS) is 11.6. The van der Waals surface area contributed by atoms with Crippen molar-refractivity contribution in [3.8, 4) is 22.3 Å². The average molecular weight is 638 g/mol. The molecule has 0 bridgehead atoms. The largest absolute Gasteiger partial charge is 0.456 e. The molecule has 0 spiro atoms. The standard InChI is InChI=1S/C48H31NO/c1-3-13-32(14-4-1)37-25-27-45(41-19-9-7-17-39(37)41)49(46-28-26-38(33-15-5-2-6-16-33)40-18-8-10-20-42(40)46)36-24-23-34-30-44-43-21-11-12-22-47(43)50-48(44)31-35(34)29-36/h1-31H. The lowest BCUT2D eigenvalue weighted by Crippen LogP contribution is -2.11. The highest BCUT2D eigenvalue weighted by molar-refractivity contribution is 6.13. The van der Waals surface area contributed by atoms with Gasteiger partial charge in [-0.1, -0.05) is 146 Å². The Hall–Kier alpha value is -6.64. The number of rotatable bonds is 5. The van der Waals surface area contributed by atoms with Crippen molar-refractivity contribution < 1.29 is 4.42 Å². The van der Waals surface area contributed by atoms with Gasteiger partial charge in [0.25, 0.3) is 0 Å². The fourth-order valence-corrected chi connectivity index (χ4v) is 7.70. The zero-order chi connectivity index (χ0) is 33.0. The molecule has 2 nitrogen and oxygen atoms in total. The van der Waals surface area contributed by atoms with Gasteiger partial charge in [0.2, 0.25) is 0 Å². The molecular formula is C48H31NO. The number of anilines is 3. The van der Waals surface area contributed by atoms with Gasteiger partial charge in [0.05, 0.1) is 11.4 Å². The summed E-state index contributed by atoms with van der Waals surface area (Å²) in [6, 6.07) is 67.6. The minimum Gasteiger partial charge on any atom is -0.456 e. The van der Waals surface area contributed by atoms with Gasteiger partial charge < -0.3 is 9.32 Å². The summed E-state index contributed by atoms with van der Waals surface area (Å²) in [5.74, 6) is 0. The molecule has 10 rings (SSSR count). The Bertz CT molecular complexity index is 2750. The summed E-state index contributed by atoms with van der Waals surface area (Å²) in [4.78, 5) is 2.44. The first-order valence-corrected chi connectivity index (χ1v) is 17.1. The SMILES string of the molecule is c1ccc(-c2ccc(N(c3ccc4cc5c(cc4c3)oc3ccccc35)c3ccc(-c4ccccc4)c4ccccc34)c3ccccc23)cc1. The summed E-state index contributed by atoms with van der Waals surface area (Å²) in [6.45, 7) is 0. The first-order chi connectivity index (χ1) is 24.8. The summed E-state index contributed by atoms with van der Waals surface area (Å²) in [5, 5.41) is 9.42. The topological polar surface area (TPSA) is 16.4 Å². The second-order valence-corrected chi connectivity index (χ2v) is 12.9. The lowest BCUT2D eigenvalue weighted by atomic mass is 9.94. The van der Waals surface area contributed by atoms with Crippen LogP contribution in [0.5, 0.6) is 0 Å². The molecule has 10 aromatic rings. The molecule has 2 heteroatoms. The Morgan fingerprint density at radius 1 is 0.320 bits per heavy atom. The van der Waals surface area contributed by atoms with Crippen LogP contribution in [0.4, 0.5) is 17.1 Å². The Labute approximate surface area is 290 Å². The number of para-hydroxylation sites is 1. The maximum atomic E-state index is 6.34. The van der Waals surface area contributed by atoms with Crippen LogP contribution in [0.2, 0.25) is 0 Å². The van der Waals surface area contributed by atoms with E-state index in [1.165, 1.54) is 49.2 Å². The monoisotopic (exact) mass is 637 g/mol. The van der Waals surface area contributed by atoms with E-state index in [0.29, 0.717) is 0 Å². The summed E-state index contributed by atoms with van der Waals surface area (Å²) in [5.41, 5.74) is 10.0. The summed E-state index contributed by atoms with van der Waals surface area (Å²) < 4.78 is 6.34. The van der Waals surface area contributed by atoms with Gasteiger partial charge in [0.15, 0.2) is 0 Å². The fraction of sp³-hybridized carbons (Fsp3) is 0. The van der Waals surface area contributed by atoms with Gasteiger partial charge in [-0.25, -0.2) is 0 Å². The van der Waals surface area contributed by atoms with Gasteiger partial charge in [0, 0.05) is 27.2 Å². The third kappa shape index (κ3) is 4.57. The van der Waals surface area contributed by atoms with Crippen LogP contribution < -0.4 is 4.90 Å². The van der Waals surface area contributed by atoms with E-state index in [0.717, 1.165) is 44.4 Å². The number of hydrogen-bond donors (Lipinski definition) is 0. The van der Waals surface area contributed by atoms with Crippen LogP contribution in [0.15, 0.2) is 192 Å². The zero-order valence-corrected chi connectivity index (χ0v) is 27.3. The van der Waals surface area contributed by atoms with Crippen molar-refractivity contribution in [2.24, 2.45) is 0 Å². The molecule has 234 valence electrons. The van der Waals surface area contributed by atoms with Crippen molar-refractivity contribution >= 4 is 71.3 Å². The molecule has 9 aromatic carbocycles. The Morgan fingerprint density at radius 3 is 1.44 bits per heavy atom. The molecule has 0 aliphatic heterocycles. The number of nitrogens with zero attached hydrogens (tertiary/aromatic N) is 1. The van der Waals surface area contributed by atoms with Gasteiger partial charge in [-0.3, -0.25) is 0 Å². The van der Waals surface area contributed by atoms with Crippen LogP contribution in [0, 0.1) is 0 Å². The van der Waals surface area contributed by atoms with Gasteiger partial charge in [0.1, 0.15) is 11.2 Å². The van der Waals surface area contributed by atoms with E-state index in [9.17, 15) is 0 Å². The summed E-state index contributed by atoms with van der Waals surface area (Å²) in [6.07, 6.45) is 0. The van der Waals surface area contributed by atoms with E-state index >= 15 is 0 Å². The molecule has 0 atom stereocenters. The van der Waals surface area contributed by atoms with Crippen molar-refractivity contribution in [1.29, 1.82) is 0 Å². The predicted molar refractivity (Wildman–Crippen MR) is 212 cm³/mol. The second-order valence-electron chi connectivity index (χ2n) is 12.9. The quantitative estimate of drug-likeness (QED) is 0.187. The van der Waals surface area contributed by atoms with E-state index in [-0.39, 0.29) is 0 Å². The van der Waals surface area contributed by atoms with Gasteiger partial charge in [-0.05, 0) is 86.3 Å². The molecule has 0 aliphatic carbocycles. The molecule has 0 saturated carbocycles. The number of hydrogen-bond acceptors (Lipinski definition) is 2. The minimum atomic E-state index is 0.901. The van der Waals surface area contributed by atoms with Crippen molar-refractivity contribution in [2.45, 2.75) is 0 Å². The van der Waals surface area contributed by atoms with E-state index < -0.39 is 0 Å². The zero-order valence-electron chi connectivity index (χ0n) is 27.3. The highest BCUT2D eigenvalue weighted by Gasteiger charge is 2.21. The molecule has 0 saturated heterocycles. The number of fused-ring (bicyclic) bond motifs is 6. The Morgan fingerprint density at radius 2 is 0.840 bits per heavy atom. The van der Waals surface area contributed by atoms with Crippen molar-refractivity contribution in [3.05, 3.63) is 188 Å². The predicted octanol–water partition coefficient (Wildman–Crippen LogP) is 13.8. The highest BCUT2D eigenvalue weighted by atomic mass is 16.3. The molecule has 0 fully saturated rings. The van der Waals surface area contributed by atoms with Gasteiger partial charge >= 0.3 is 0 Å². The van der Waals surface area contributed by atoms with Gasteiger partial charge in [-0.2, -0.15) is 0 Å². The smallest absolute Gasteiger partial charge is 0.136 e. The maximum Gasteiger partial charge on any atom is 0.136 e. The first-order valence-electron chi connectivity index (χ1n) is 17.1. The Kier molecular flexibility index (Phi) is 6.53. The van der Waals surface area contributed by atoms with Crippen molar-refractivity contribution in [1.82, 2.24) is 0 Å². The van der Waals surface area contributed by atoms with E-state index in [1.807, 2.05) is 12.1 Å². The lowest BCUT2D eigenvalue weighted by molar-refractivity contribution is 0.669. The van der Waals surface area contributed by atoms with Crippen LogP contribution >= 0.6 is 0 Å². The van der Waals surface area contributed by atoms with Crippen molar-refractivity contribution in [3.63, 3.8) is 0 Å². The third-order valence-electron chi connectivity index (χ3n) is 10.0. The van der Waals surface area contributed by atoms with Gasteiger partial charge in [-0.15, -0.1) is 0 Å². The molecular weight excluding hydrogens is 607 g/mol. The maximum absolute atomic E-state index is 6.34. The second kappa shape index (κ2) is 11.5. The van der Waals surface area contributed by atoms with Crippen LogP contribution in [0.1, 0.15) is 0 Å². The summed E-state index contributed by atoms with van der Waals surface area (Å²) in [7, 11) is 0. The van der Waals surface area contributed by atoms with E-state index in [4.69, 9.17) is 4.42 Å². The van der Waals surface area contributed by atoms with Crippen LogP contribution in [-0.4, -0.2) is 0 Å². The van der Waals surface area contributed by atoms with E-state index in [2.05, 4.69) is 181 Å². The number of furan rings is 1. The minimum absolute atomic E-state index is 0.901. The lowest BCUT2D eigenvalue weighted by Gasteiger charge is -2.29. The van der Waals surface area contributed by atoms with Crippen LogP contribution in [0.25, 0.3) is 76.5 Å². The summed E-state index contributed by atoms with van der Waals surface area (Å²) >= 11 is 0. The number of benzene rings is 9. The fourth-order valence-electron chi connectivity index (χ4n) is 7.70. The molecule has 0 unspecified atom stereocenters. The molecule has 1 aromatic heterocycles. The molecule has 0 N–H and O–H groups in total. The molecule has 0 amide bonds. The van der Waals surface area contributed by atoms with Crippen molar-refractivity contribution in [2.75, 3.05) is 4.90 Å².